The molecule has 1 fully saturated rings. The van der Waals surface area contributed by atoms with E-state index in [0.717, 1.165) is 19.2 Å². The van der Waals surface area contributed by atoms with Gasteiger partial charge in [0.15, 0.2) is 5.82 Å². The van der Waals surface area contributed by atoms with Crippen molar-refractivity contribution in [2.75, 3.05) is 20.1 Å². The van der Waals surface area contributed by atoms with Gasteiger partial charge in [-0.2, -0.15) is 0 Å². The minimum Gasteiger partial charge on any atom is -0.350 e. The number of nitrogens with zero attached hydrogens (tertiary/aromatic N) is 2. The molecule has 0 aliphatic carbocycles. The molecule has 0 radical (unpaired) electrons. The molecular weight excluding hydrogens is 233 g/mol. The molecule has 4 nitrogen and oxygen atoms in total. The number of pyridine rings is 1. The van der Waals surface area contributed by atoms with Crippen LogP contribution in [0, 0.1) is 5.82 Å². The second-order valence-electron chi connectivity index (χ2n) is 4.70. The number of halogens is 1. The Bertz CT molecular complexity index is 424. The molecule has 2 rings (SSSR count). The van der Waals surface area contributed by atoms with Crippen molar-refractivity contribution in [3.8, 4) is 0 Å². The fourth-order valence-electron chi connectivity index (χ4n) is 2.27. The molecule has 1 aromatic heterocycles. The number of likely N-dealkylation sites (tertiary alicyclic amines) is 1. The van der Waals surface area contributed by atoms with Crippen LogP contribution in [0.2, 0.25) is 0 Å². The van der Waals surface area contributed by atoms with Gasteiger partial charge >= 0.3 is 0 Å². The van der Waals surface area contributed by atoms with E-state index in [0.29, 0.717) is 12.6 Å². The van der Waals surface area contributed by atoms with Crippen molar-refractivity contribution in [1.82, 2.24) is 15.2 Å². The average molecular weight is 251 g/mol. The molecule has 2 heterocycles. The van der Waals surface area contributed by atoms with Gasteiger partial charge in [0.25, 0.3) is 5.91 Å². The van der Waals surface area contributed by atoms with Crippen LogP contribution in [0.1, 0.15) is 29.6 Å². The highest BCUT2D eigenvalue weighted by atomic mass is 19.1. The Morgan fingerprint density at radius 2 is 2.44 bits per heavy atom. The summed E-state index contributed by atoms with van der Waals surface area (Å²) in [5, 5.41) is 2.79. The third-order valence-corrected chi connectivity index (χ3v) is 3.44. The lowest BCUT2D eigenvalue weighted by Crippen LogP contribution is -2.44. The Hall–Kier alpha value is -1.49. The zero-order valence-corrected chi connectivity index (χ0v) is 10.5. The first-order chi connectivity index (χ1) is 8.68. The second kappa shape index (κ2) is 5.91. The van der Waals surface area contributed by atoms with E-state index in [1.807, 2.05) is 0 Å². The number of carbonyl (C=O) groups is 1. The number of hydrogen-bond donors (Lipinski definition) is 1. The quantitative estimate of drug-likeness (QED) is 0.884. The van der Waals surface area contributed by atoms with Gasteiger partial charge in [-0.15, -0.1) is 0 Å². The van der Waals surface area contributed by atoms with Gasteiger partial charge in [-0.25, -0.2) is 4.39 Å². The monoisotopic (exact) mass is 251 g/mol. The zero-order valence-electron chi connectivity index (χ0n) is 10.5. The maximum atomic E-state index is 13.3. The van der Waals surface area contributed by atoms with Crippen molar-refractivity contribution in [2.45, 2.75) is 25.3 Å². The molecule has 1 amide bonds. The predicted molar refractivity (Wildman–Crippen MR) is 66.8 cm³/mol. The first-order valence-electron chi connectivity index (χ1n) is 6.26. The number of hydrogen-bond acceptors (Lipinski definition) is 3. The molecule has 0 saturated carbocycles. The number of carbonyl (C=O) groups excluding carboxylic acids is 1. The summed E-state index contributed by atoms with van der Waals surface area (Å²) in [5.41, 5.74) is 0.0588. The summed E-state index contributed by atoms with van der Waals surface area (Å²) < 4.78 is 13.3. The molecule has 98 valence electrons. The van der Waals surface area contributed by atoms with Crippen LogP contribution < -0.4 is 5.32 Å². The maximum absolute atomic E-state index is 13.3. The summed E-state index contributed by atoms with van der Waals surface area (Å²) in [6, 6.07) is 1.75. The summed E-state index contributed by atoms with van der Waals surface area (Å²) >= 11 is 0. The molecular formula is C13H18FN3O. The average Bonchev–Trinajstić information content (AvgIpc) is 2.38. The fourth-order valence-corrected chi connectivity index (χ4v) is 2.27. The van der Waals surface area contributed by atoms with E-state index >= 15 is 0 Å². The lowest BCUT2D eigenvalue weighted by Gasteiger charge is -2.32. The fraction of sp³-hybridized carbons (Fsp3) is 0.538. The van der Waals surface area contributed by atoms with Gasteiger partial charge in [0.1, 0.15) is 0 Å². The third-order valence-electron chi connectivity index (χ3n) is 3.44. The summed E-state index contributed by atoms with van der Waals surface area (Å²) in [6.45, 7) is 1.63. The summed E-state index contributed by atoms with van der Waals surface area (Å²) in [7, 11) is 2.06. The third kappa shape index (κ3) is 3.04. The van der Waals surface area contributed by atoms with E-state index in [1.54, 1.807) is 0 Å². The van der Waals surface area contributed by atoms with Crippen molar-refractivity contribution < 1.29 is 9.18 Å². The number of likely N-dealkylation sites (N-methyl/N-ethyl adjacent to an activating group) is 1. The van der Waals surface area contributed by atoms with E-state index < -0.39 is 5.82 Å². The minimum atomic E-state index is -0.577. The first kappa shape index (κ1) is 13.0. The Labute approximate surface area is 106 Å². The van der Waals surface area contributed by atoms with Crippen LogP contribution in [0.15, 0.2) is 18.5 Å². The van der Waals surface area contributed by atoms with Crippen molar-refractivity contribution in [1.29, 1.82) is 0 Å². The van der Waals surface area contributed by atoms with Crippen LogP contribution >= 0.6 is 0 Å². The van der Waals surface area contributed by atoms with Crippen LogP contribution in [0.3, 0.4) is 0 Å². The summed E-state index contributed by atoms with van der Waals surface area (Å²) in [5.74, 6) is -0.944. The number of aromatic nitrogens is 1. The lowest BCUT2D eigenvalue weighted by atomic mass is 10.0. The van der Waals surface area contributed by atoms with Gasteiger partial charge in [-0.3, -0.25) is 9.78 Å². The molecule has 18 heavy (non-hydrogen) atoms. The molecule has 0 bridgehead atoms. The molecule has 0 aromatic carbocycles. The Balaban J connectivity index is 1.90. The number of piperidine rings is 1. The van der Waals surface area contributed by atoms with Gasteiger partial charge < -0.3 is 10.2 Å². The van der Waals surface area contributed by atoms with Crippen molar-refractivity contribution in [2.24, 2.45) is 0 Å². The van der Waals surface area contributed by atoms with Gasteiger partial charge in [0, 0.05) is 18.8 Å². The molecule has 1 aliphatic rings. The highest BCUT2D eigenvalue weighted by Gasteiger charge is 2.20. The second-order valence-corrected chi connectivity index (χ2v) is 4.70. The first-order valence-corrected chi connectivity index (χ1v) is 6.26. The molecule has 1 atom stereocenters. The van der Waals surface area contributed by atoms with Crippen LogP contribution in [0.4, 0.5) is 4.39 Å². The largest absolute Gasteiger partial charge is 0.350 e. The van der Waals surface area contributed by atoms with Crippen molar-refractivity contribution >= 4 is 5.91 Å². The molecule has 1 N–H and O–H groups in total. The van der Waals surface area contributed by atoms with Crippen LogP contribution in [0.5, 0.6) is 0 Å². The predicted octanol–water partition coefficient (Wildman–Crippen LogP) is 1.43. The van der Waals surface area contributed by atoms with E-state index in [9.17, 15) is 9.18 Å². The Kier molecular flexibility index (Phi) is 4.25. The number of nitrogens with one attached hydrogen (secondary N) is 1. The smallest absolute Gasteiger partial charge is 0.254 e. The summed E-state index contributed by atoms with van der Waals surface area (Å²) in [6.07, 6.45) is 5.95. The van der Waals surface area contributed by atoms with E-state index in [1.165, 1.54) is 25.1 Å². The van der Waals surface area contributed by atoms with Gasteiger partial charge in [-0.1, -0.05) is 6.42 Å². The van der Waals surface area contributed by atoms with Gasteiger partial charge in [0.2, 0.25) is 0 Å². The SMILES string of the molecule is CN1CCCCC1CNC(=O)c1ccncc1F. The van der Waals surface area contributed by atoms with Crippen molar-refractivity contribution in [3.05, 3.63) is 29.8 Å². The molecule has 0 spiro atoms. The molecule has 1 unspecified atom stereocenters. The maximum Gasteiger partial charge on any atom is 0.254 e. The van der Waals surface area contributed by atoms with Crippen LogP contribution in [-0.4, -0.2) is 42.0 Å². The lowest BCUT2D eigenvalue weighted by molar-refractivity contribution is 0.0924. The normalized spacial score (nSPS) is 20.7. The molecule has 5 heteroatoms. The Morgan fingerprint density at radius 1 is 1.61 bits per heavy atom. The zero-order chi connectivity index (χ0) is 13.0. The topological polar surface area (TPSA) is 45.2 Å². The highest BCUT2D eigenvalue weighted by Crippen LogP contribution is 2.14. The van der Waals surface area contributed by atoms with Gasteiger partial charge in [-0.05, 0) is 32.5 Å². The van der Waals surface area contributed by atoms with E-state index in [-0.39, 0.29) is 11.5 Å². The standard InChI is InChI=1S/C13H18FN3O/c1-17-7-3-2-4-10(17)8-16-13(18)11-5-6-15-9-12(11)14/h5-6,9-10H,2-4,7-8H2,1H3,(H,16,18). The van der Waals surface area contributed by atoms with Crippen LogP contribution in [-0.2, 0) is 0 Å². The minimum absolute atomic E-state index is 0.0588. The molecule has 1 saturated heterocycles. The van der Waals surface area contributed by atoms with E-state index in [2.05, 4.69) is 22.2 Å². The number of amides is 1. The van der Waals surface area contributed by atoms with Gasteiger partial charge in [0.05, 0.1) is 11.8 Å². The number of rotatable bonds is 3. The van der Waals surface area contributed by atoms with Crippen LogP contribution in [0.25, 0.3) is 0 Å². The molecule has 1 aromatic rings. The highest BCUT2D eigenvalue weighted by molar-refractivity contribution is 5.94. The summed E-state index contributed by atoms with van der Waals surface area (Å²) in [4.78, 5) is 17.7. The molecule has 1 aliphatic heterocycles. The van der Waals surface area contributed by atoms with Crippen molar-refractivity contribution in [3.63, 3.8) is 0 Å². The Morgan fingerprint density at radius 3 is 3.17 bits per heavy atom. The van der Waals surface area contributed by atoms with E-state index in [4.69, 9.17) is 0 Å².